The lowest BCUT2D eigenvalue weighted by atomic mass is 10.6. The largest absolute Gasteiger partial charge is 0.0979 e. The van der Waals surface area contributed by atoms with Gasteiger partial charge in [-0.2, -0.15) is 0 Å². The van der Waals surface area contributed by atoms with Crippen molar-refractivity contribution in [3.05, 3.63) is 6.42 Å². The maximum Gasteiger partial charge on any atom is 0.0979 e. The molecule has 0 saturated carbocycles. The summed E-state index contributed by atoms with van der Waals surface area (Å²) in [5, 5.41) is 0. The molecule has 0 atom stereocenters. The Morgan fingerprint density at radius 1 is 1.29 bits per heavy atom. The minimum atomic E-state index is -0.713. The summed E-state index contributed by atoms with van der Waals surface area (Å²) in [7, 11) is -0.713. The molecule has 0 saturated heterocycles. The molecule has 0 nitrogen and oxygen atoms in total. The Morgan fingerprint density at radius 2 is 1.71 bits per heavy atom. The van der Waals surface area contributed by atoms with Crippen LogP contribution >= 0.6 is 0 Å². The Labute approximate surface area is 47.9 Å². The molecule has 0 rings (SSSR count). The van der Waals surface area contributed by atoms with Crippen LogP contribution in [0.1, 0.15) is 6.92 Å². The predicted octanol–water partition coefficient (Wildman–Crippen LogP) is 2.55. The van der Waals surface area contributed by atoms with E-state index in [0.717, 1.165) is 0 Å². The fourth-order valence-corrected chi connectivity index (χ4v) is 1.84. The zero-order valence-corrected chi connectivity index (χ0v) is 6.78. The fourth-order valence-electron chi connectivity index (χ4n) is 0.612. The molecule has 1 heteroatoms. The Kier molecular flexibility index (Phi) is 2.44. The van der Waals surface area contributed by atoms with Crippen LogP contribution in [0.5, 0.6) is 0 Å². The fraction of sp³-hybridized carbons (Fsp3) is 0.833. The second-order valence-electron chi connectivity index (χ2n) is 3.17. The standard InChI is InChI=1S/C6H15Si/c1-5-6-7(2,3)4/h5H,6H2,1-4H3/q+1. The van der Waals surface area contributed by atoms with Crippen LogP contribution in [0.4, 0.5) is 0 Å². The minimum absolute atomic E-state index is 0.713. The Balaban J connectivity index is 3.15. The van der Waals surface area contributed by atoms with Crippen molar-refractivity contribution in [2.75, 3.05) is 0 Å². The van der Waals surface area contributed by atoms with E-state index in [1.807, 2.05) is 0 Å². The lowest BCUT2D eigenvalue weighted by Gasteiger charge is -2.06. The summed E-state index contributed by atoms with van der Waals surface area (Å²) in [6, 6.07) is 1.35. The van der Waals surface area contributed by atoms with Gasteiger partial charge in [0.15, 0.2) is 0 Å². The Hall–Kier alpha value is 0.0869. The van der Waals surface area contributed by atoms with Gasteiger partial charge >= 0.3 is 0 Å². The van der Waals surface area contributed by atoms with Crippen molar-refractivity contribution in [2.24, 2.45) is 0 Å². The van der Waals surface area contributed by atoms with Crippen molar-refractivity contribution in [1.29, 1.82) is 0 Å². The molecule has 0 aromatic rings. The number of hydrogen-bond donors (Lipinski definition) is 0. The molecule has 42 valence electrons. The zero-order valence-electron chi connectivity index (χ0n) is 5.78. The molecular weight excluding hydrogens is 100 g/mol. The molecule has 0 heterocycles. The first-order valence-corrected chi connectivity index (χ1v) is 6.55. The van der Waals surface area contributed by atoms with Gasteiger partial charge in [0, 0.05) is 0 Å². The molecule has 0 spiro atoms. The average molecular weight is 115 g/mol. The van der Waals surface area contributed by atoms with Gasteiger partial charge in [0.1, 0.15) is 0 Å². The van der Waals surface area contributed by atoms with E-state index in [1.54, 1.807) is 0 Å². The summed E-state index contributed by atoms with van der Waals surface area (Å²) >= 11 is 0. The molecule has 0 aliphatic rings. The third kappa shape index (κ3) is 6.09. The molecule has 0 aromatic heterocycles. The Bertz CT molecular complexity index is 42.6. The summed E-state index contributed by atoms with van der Waals surface area (Å²) in [6.07, 6.45) is 2.27. The molecule has 0 bridgehead atoms. The summed E-state index contributed by atoms with van der Waals surface area (Å²) in [5.74, 6) is 0. The van der Waals surface area contributed by atoms with Crippen molar-refractivity contribution in [2.45, 2.75) is 32.6 Å². The first kappa shape index (κ1) is 7.09. The SMILES string of the molecule is C[CH+]C[Si](C)(C)C. The van der Waals surface area contributed by atoms with Crippen molar-refractivity contribution in [1.82, 2.24) is 0 Å². The highest BCUT2D eigenvalue weighted by Crippen LogP contribution is 2.08. The summed E-state index contributed by atoms with van der Waals surface area (Å²) in [4.78, 5) is 0. The van der Waals surface area contributed by atoms with Crippen molar-refractivity contribution in [3.8, 4) is 0 Å². The first-order chi connectivity index (χ1) is 3.06. The average Bonchev–Trinajstić information content (AvgIpc) is 1.30. The van der Waals surface area contributed by atoms with E-state index in [2.05, 4.69) is 33.0 Å². The molecule has 0 unspecified atom stereocenters. The molecule has 7 heavy (non-hydrogen) atoms. The maximum absolute atomic E-state index is 2.38. The van der Waals surface area contributed by atoms with Crippen LogP contribution in [0, 0.1) is 6.42 Å². The third-order valence-electron chi connectivity index (χ3n) is 0.816. The maximum atomic E-state index is 2.38. The van der Waals surface area contributed by atoms with Crippen molar-refractivity contribution in [3.63, 3.8) is 0 Å². The third-order valence-corrected chi connectivity index (χ3v) is 2.45. The van der Waals surface area contributed by atoms with E-state index in [4.69, 9.17) is 0 Å². The normalized spacial score (nSPS) is 11.4. The topological polar surface area (TPSA) is 0 Å². The van der Waals surface area contributed by atoms with Gasteiger partial charge in [0.2, 0.25) is 0 Å². The second-order valence-corrected chi connectivity index (χ2v) is 8.70. The molecular formula is C6H15Si+. The lowest BCUT2D eigenvalue weighted by molar-refractivity contribution is 1.32. The van der Waals surface area contributed by atoms with E-state index in [-0.39, 0.29) is 0 Å². The van der Waals surface area contributed by atoms with Gasteiger partial charge in [-0.15, -0.1) is 0 Å². The molecule has 0 aliphatic carbocycles. The smallest absolute Gasteiger partial charge is 0.0657 e. The number of rotatable bonds is 2. The van der Waals surface area contributed by atoms with Crippen LogP contribution in [0.3, 0.4) is 0 Å². The Morgan fingerprint density at radius 3 is 1.71 bits per heavy atom. The van der Waals surface area contributed by atoms with Gasteiger partial charge in [-0.1, -0.05) is 19.6 Å². The lowest BCUT2D eigenvalue weighted by Crippen LogP contribution is -2.18. The van der Waals surface area contributed by atoms with E-state index >= 15 is 0 Å². The van der Waals surface area contributed by atoms with Gasteiger partial charge < -0.3 is 0 Å². The van der Waals surface area contributed by atoms with Crippen LogP contribution in [-0.2, 0) is 0 Å². The summed E-state index contributed by atoms with van der Waals surface area (Å²) < 4.78 is 0. The highest BCUT2D eigenvalue weighted by atomic mass is 28.3. The molecule has 0 aliphatic heterocycles. The monoisotopic (exact) mass is 115 g/mol. The molecule has 0 radical (unpaired) electrons. The molecule has 0 aromatic carbocycles. The van der Waals surface area contributed by atoms with Crippen molar-refractivity contribution >= 4 is 8.07 Å². The summed E-state index contributed by atoms with van der Waals surface area (Å²) in [6.45, 7) is 9.28. The van der Waals surface area contributed by atoms with Gasteiger partial charge in [0.25, 0.3) is 0 Å². The predicted molar refractivity (Wildman–Crippen MR) is 38.1 cm³/mol. The van der Waals surface area contributed by atoms with Crippen LogP contribution in [0.15, 0.2) is 0 Å². The van der Waals surface area contributed by atoms with Gasteiger partial charge in [0.05, 0.1) is 27.5 Å². The van der Waals surface area contributed by atoms with E-state index in [0.29, 0.717) is 0 Å². The van der Waals surface area contributed by atoms with Crippen LogP contribution in [0.2, 0.25) is 25.7 Å². The zero-order chi connectivity index (χ0) is 5.91. The molecule has 0 amide bonds. The van der Waals surface area contributed by atoms with Gasteiger partial charge in [-0.3, -0.25) is 0 Å². The van der Waals surface area contributed by atoms with E-state index < -0.39 is 8.07 Å². The van der Waals surface area contributed by atoms with E-state index in [1.165, 1.54) is 6.04 Å². The highest BCUT2D eigenvalue weighted by molar-refractivity contribution is 6.76. The number of hydrogen-bond acceptors (Lipinski definition) is 0. The minimum Gasteiger partial charge on any atom is -0.0657 e. The summed E-state index contributed by atoms with van der Waals surface area (Å²) in [5.41, 5.74) is 0. The van der Waals surface area contributed by atoms with E-state index in [9.17, 15) is 0 Å². The van der Waals surface area contributed by atoms with Gasteiger partial charge in [-0.25, -0.2) is 0 Å². The van der Waals surface area contributed by atoms with Crippen LogP contribution in [-0.4, -0.2) is 8.07 Å². The van der Waals surface area contributed by atoms with Crippen molar-refractivity contribution < 1.29 is 0 Å². The first-order valence-electron chi connectivity index (χ1n) is 2.84. The van der Waals surface area contributed by atoms with Gasteiger partial charge in [-0.05, 0) is 0 Å². The highest BCUT2D eigenvalue weighted by Gasteiger charge is 2.15. The van der Waals surface area contributed by atoms with Crippen LogP contribution in [0.25, 0.3) is 0 Å². The second kappa shape index (κ2) is 2.41. The quantitative estimate of drug-likeness (QED) is 0.383. The van der Waals surface area contributed by atoms with Crippen LogP contribution < -0.4 is 0 Å². The molecule has 0 N–H and O–H groups in total. The molecule has 0 fully saturated rings.